The summed E-state index contributed by atoms with van der Waals surface area (Å²) >= 11 is 0. The van der Waals surface area contributed by atoms with Crippen LogP contribution < -0.4 is 5.73 Å². The number of carbonyl (C=O) groups is 1. The summed E-state index contributed by atoms with van der Waals surface area (Å²) in [6.07, 6.45) is 0.188. The molecule has 0 spiro atoms. The van der Waals surface area contributed by atoms with Crippen LogP contribution in [-0.4, -0.2) is 17.1 Å². The molecule has 0 rings (SSSR count). The Kier molecular flexibility index (Phi) is 3.44. The quantitative estimate of drug-likeness (QED) is 0.578. The Hall–Kier alpha value is -1.08. The topological polar surface area (TPSA) is 87.1 Å². The summed E-state index contributed by atoms with van der Waals surface area (Å²) in [5.41, 5.74) is 5.20. The monoisotopic (exact) mass is 142 g/mol. The second kappa shape index (κ2) is 3.85. The molecule has 0 aliphatic heterocycles. The van der Waals surface area contributed by atoms with Gasteiger partial charge in [-0.15, -0.1) is 0 Å². The highest BCUT2D eigenvalue weighted by atomic mass is 16.4. The molecule has 0 fully saturated rings. The number of hydrogen-bond acceptors (Lipinski definition) is 3. The van der Waals surface area contributed by atoms with E-state index in [0.29, 0.717) is 0 Å². The maximum absolute atomic E-state index is 10.2. The highest BCUT2D eigenvalue weighted by Crippen LogP contribution is 2.04. The van der Waals surface area contributed by atoms with Crippen LogP contribution in [0.5, 0.6) is 0 Å². The number of nitrogens with two attached hydrogens (primary N) is 1. The Morgan fingerprint density at radius 1 is 1.90 bits per heavy atom. The van der Waals surface area contributed by atoms with E-state index in [2.05, 4.69) is 0 Å². The van der Waals surface area contributed by atoms with Crippen LogP contribution in [0.3, 0.4) is 0 Å². The number of hydrogen-bond donors (Lipinski definition) is 2. The molecule has 0 saturated carbocycles. The summed E-state index contributed by atoms with van der Waals surface area (Å²) in [7, 11) is 0. The van der Waals surface area contributed by atoms with E-state index in [0.717, 1.165) is 0 Å². The molecule has 0 aromatic heterocycles. The summed E-state index contributed by atoms with van der Waals surface area (Å²) < 4.78 is 0. The summed E-state index contributed by atoms with van der Waals surface area (Å²) in [5.74, 6) is -1.33. The third-order valence-corrected chi connectivity index (χ3v) is 1.31. The van der Waals surface area contributed by atoms with Gasteiger partial charge in [-0.2, -0.15) is 5.26 Å². The molecule has 0 saturated heterocycles. The molecule has 0 aliphatic rings. The van der Waals surface area contributed by atoms with Gasteiger partial charge in [0.25, 0.3) is 0 Å². The second-order valence-corrected chi connectivity index (χ2v) is 2.20. The van der Waals surface area contributed by atoms with Crippen LogP contribution in [0.4, 0.5) is 0 Å². The summed E-state index contributed by atoms with van der Waals surface area (Å²) in [6, 6.07) is 0.943. The number of nitriles is 1. The van der Waals surface area contributed by atoms with Crippen molar-refractivity contribution in [3.8, 4) is 6.07 Å². The minimum Gasteiger partial charge on any atom is -0.480 e. The van der Waals surface area contributed by atoms with Gasteiger partial charge >= 0.3 is 5.97 Å². The Balaban J connectivity index is 3.84. The van der Waals surface area contributed by atoms with E-state index in [1.54, 1.807) is 6.92 Å². The van der Waals surface area contributed by atoms with E-state index >= 15 is 0 Å². The average molecular weight is 142 g/mol. The van der Waals surface area contributed by atoms with Crippen molar-refractivity contribution in [3.63, 3.8) is 0 Å². The molecule has 0 aromatic carbocycles. The predicted molar refractivity (Wildman–Crippen MR) is 35.0 cm³/mol. The van der Waals surface area contributed by atoms with Gasteiger partial charge in [0.1, 0.15) is 6.04 Å². The smallest absolute Gasteiger partial charge is 0.320 e. The molecule has 10 heavy (non-hydrogen) atoms. The molecule has 0 aliphatic carbocycles. The lowest BCUT2D eigenvalue weighted by Gasteiger charge is -2.10. The number of aliphatic carboxylic acids is 1. The zero-order valence-corrected chi connectivity index (χ0v) is 5.74. The average Bonchev–Trinajstić information content (AvgIpc) is 1.87. The number of nitrogens with zero attached hydrogens (tertiary/aromatic N) is 1. The van der Waals surface area contributed by atoms with Crippen molar-refractivity contribution in [1.82, 2.24) is 0 Å². The molecular weight excluding hydrogens is 132 g/mol. The zero-order chi connectivity index (χ0) is 8.15. The Morgan fingerprint density at radius 2 is 2.40 bits per heavy atom. The molecular formula is C6H10N2O2. The largest absolute Gasteiger partial charge is 0.480 e. The van der Waals surface area contributed by atoms with E-state index in [1.165, 1.54) is 0 Å². The van der Waals surface area contributed by atoms with Gasteiger partial charge in [0.2, 0.25) is 0 Å². The zero-order valence-electron chi connectivity index (χ0n) is 5.74. The van der Waals surface area contributed by atoms with Crippen LogP contribution in [0.25, 0.3) is 0 Å². The van der Waals surface area contributed by atoms with Crippen molar-refractivity contribution in [3.05, 3.63) is 0 Å². The second-order valence-electron chi connectivity index (χ2n) is 2.20. The van der Waals surface area contributed by atoms with Crippen LogP contribution in [-0.2, 0) is 4.79 Å². The summed E-state index contributed by atoms with van der Waals surface area (Å²) in [4.78, 5) is 10.2. The molecule has 1 unspecified atom stereocenters. The van der Waals surface area contributed by atoms with Gasteiger partial charge < -0.3 is 10.8 Å². The fraction of sp³-hybridized carbons (Fsp3) is 0.667. The number of rotatable bonds is 3. The molecule has 0 aromatic rings. The molecule has 0 heterocycles. The number of carboxylic acid groups (broad SMARTS) is 1. The lowest BCUT2D eigenvalue weighted by Crippen LogP contribution is -2.36. The van der Waals surface area contributed by atoms with E-state index < -0.39 is 12.0 Å². The summed E-state index contributed by atoms with van der Waals surface area (Å²) in [5, 5.41) is 16.5. The third-order valence-electron chi connectivity index (χ3n) is 1.31. The van der Waals surface area contributed by atoms with Crippen molar-refractivity contribution in [2.24, 2.45) is 11.7 Å². The minimum atomic E-state index is -1.05. The van der Waals surface area contributed by atoms with Crippen molar-refractivity contribution >= 4 is 5.97 Å². The van der Waals surface area contributed by atoms with Crippen molar-refractivity contribution in [1.29, 1.82) is 5.26 Å². The van der Waals surface area contributed by atoms with Gasteiger partial charge in [-0.1, -0.05) is 6.92 Å². The molecule has 56 valence electrons. The summed E-state index contributed by atoms with van der Waals surface area (Å²) in [6.45, 7) is 1.64. The number of carboxylic acids is 1. The first-order valence-electron chi connectivity index (χ1n) is 2.95. The lowest BCUT2D eigenvalue weighted by molar-refractivity contribution is -0.139. The Bertz CT molecular complexity index is 162. The molecule has 3 N–H and O–H groups in total. The van der Waals surface area contributed by atoms with Crippen LogP contribution in [0.15, 0.2) is 0 Å². The standard InChI is InChI=1S/C6H10N2O2/c1-4(2-3-7)5(8)6(9)10/h4-5H,2,8H2,1H3,(H,9,10)/t4?,5-/m1/s1. The predicted octanol–water partition coefficient (Wildman–Crippen LogP) is -0.0519. The van der Waals surface area contributed by atoms with Gasteiger partial charge in [-0.05, 0) is 5.92 Å². The fourth-order valence-corrected chi connectivity index (χ4v) is 0.514. The van der Waals surface area contributed by atoms with Crippen LogP contribution in [0, 0.1) is 17.2 Å². The van der Waals surface area contributed by atoms with E-state index in [9.17, 15) is 4.79 Å². The maximum Gasteiger partial charge on any atom is 0.320 e. The van der Waals surface area contributed by atoms with Crippen molar-refractivity contribution in [2.75, 3.05) is 0 Å². The van der Waals surface area contributed by atoms with Gasteiger partial charge in [-0.3, -0.25) is 4.79 Å². The maximum atomic E-state index is 10.2. The van der Waals surface area contributed by atoms with Gasteiger partial charge in [0, 0.05) is 6.42 Å². The van der Waals surface area contributed by atoms with Crippen molar-refractivity contribution in [2.45, 2.75) is 19.4 Å². The molecule has 4 heteroatoms. The lowest BCUT2D eigenvalue weighted by atomic mass is 10.0. The van der Waals surface area contributed by atoms with Crippen LogP contribution >= 0.6 is 0 Å². The van der Waals surface area contributed by atoms with E-state index in [4.69, 9.17) is 16.1 Å². The first kappa shape index (κ1) is 8.92. The first-order chi connectivity index (χ1) is 4.59. The highest BCUT2D eigenvalue weighted by Gasteiger charge is 2.18. The van der Waals surface area contributed by atoms with Gasteiger partial charge in [-0.25, -0.2) is 0 Å². The van der Waals surface area contributed by atoms with E-state index in [-0.39, 0.29) is 12.3 Å². The van der Waals surface area contributed by atoms with Crippen LogP contribution in [0.1, 0.15) is 13.3 Å². The third kappa shape index (κ3) is 2.46. The van der Waals surface area contributed by atoms with Crippen molar-refractivity contribution < 1.29 is 9.90 Å². The molecule has 0 bridgehead atoms. The Morgan fingerprint density at radius 3 is 2.70 bits per heavy atom. The highest BCUT2D eigenvalue weighted by molar-refractivity contribution is 5.73. The van der Waals surface area contributed by atoms with Gasteiger partial charge in [0.05, 0.1) is 6.07 Å². The molecule has 4 nitrogen and oxygen atoms in total. The van der Waals surface area contributed by atoms with Gasteiger partial charge in [0.15, 0.2) is 0 Å². The fourth-order valence-electron chi connectivity index (χ4n) is 0.514. The Labute approximate surface area is 59.3 Å². The van der Waals surface area contributed by atoms with E-state index in [1.807, 2.05) is 6.07 Å². The molecule has 0 amide bonds. The normalized spacial score (nSPS) is 15.3. The molecule has 0 radical (unpaired) electrons. The van der Waals surface area contributed by atoms with Crippen LogP contribution in [0.2, 0.25) is 0 Å². The minimum absolute atomic E-state index is 0.188. The SMILES string of the molecule is CC(CC#N)[C@@H](N)C(=O)O. The first-order valence-corrected chi connectivity index (χ1v) is 2.95. The molecule has 2 atom stereocenters.